The van der Waals surface area contributed by atoms with Gasteiger partial charge in [-0.1, -0.05) is 17.7 Å². The molecule has 0 atom stereocenters. The van der Waals surface area contributed by atoms with Crippen LogP contribution in [-0.2, 0) is 0 Å². The molecule has 8 nitrogen and oxygen atoms in total. The number of aromatic nitrogens is 1. The first-order valence-corrected chi connectivity index (χ1v) is 10.9. The van der Waals surface area contributed by atoms with E-state index in [1.807, 2.05) is 35.8 Å². The van der Waals surface area contributed by atoms with Crippen LogP contribution in [0.25, 0.3) is 16.6 Å². The van der Waals surface area contributed by atoms with Crippen LogP contribution in [0.15, 0.2) is 60.7 Å². The summed E-state index contributed by atoms with van der Waals surface area (Å²) in [5, 5.41) is 22.0. The fourth-order valence-corrected chi connectivity index (χ4v) is 4.26. The summed E-state index contributed by atoms with van der Waals surface area (Å²) in [5.41, 5.74) is 3.46. The van der Waals surface area contributed by atoms with E-state index in [0.717, 1.165) is 11.3 Å². The quantitative estimate of drug-likeness (QED) is 0.164. The molecule has 0 saturated carbocycles. The largest absolute Gasteiger partial charge is 0.507 e. The molecule has 0 amide bonds. The zero-order valence-corrected chi connectivity index (χ0v) is 19.4. The van der Waals surface area contributed by atoms with Crippen LogP contribution in [0.3, 0.4) is 0 Å². The van der Waals surface area contributed by atoms with Gasteiger partial charge in [0.15, 0.2) is 17.3 Å². The van der Waals surface area contributed by atoms with Gasteiger partial charge in [0.25, 0.3) is 5.69 Å². The van der Waals surface area contributed by atoms with Gasteiger partial charge in [-0.3, -0.25) is 24.5 Å². The van der Waals surface area contributed by atoms with E-state index in [9.17, 15) is 29.6 Å². The maximum Gasteiger partial charge on any atom is 0.269 e. The number of non-ortho nitro benzene ring substituents is 1. The van der Waals surface area contributed by atoms with Crippen molar-refractivity contribution in [2.75, 3.05) is 0 Å². The summed E-state index contributed by atoms with van der Waals surface area (Å²) < 4.78 is 1.85. The van der Waals surface area contributed by atoms with Crippen molar-refractivity contribution in [3.63, 3.8) is 0 Å². The van der Waals surface area contributed by atoms with Crippen LogP contribution >= 0.6 is 0 Å². The molecule has 0 aliphatic rings. The number of aryl methyl sites for hydroxylation is 1. The maximum atomic E-state index is 13.0. The number of nitrogens with zero attached hydrogens (tertiary/aromatic N) is 2. The third kappa shape index (κ3) is 4.33. The molecular formula is C27H22N2O6. The third-order valence-electron chi connectivity index (χ3n) is 5.99. The number of ketones is 3. The van der Waals surface area contributed by atoms with Crippen LogP contribution in [0.1, 0.15) is 55.7 Å². The number of hydrogen-bond donors (Lipinski definition) is 1. The van der Waals surface area contributed by atoms with E-state index in [4.69, 9.17) is 0 Å². The number of hydrogen-bond acceptors (Lipinski definition) is 6. The highest BCUT2D eigenvalue weighted by atomic mass is 16.6. The lowest BCUT2D eigenvalue weighted by atomic mass is 9.98. The first-order chi connectivity index (χ1) is 16.6. The first-order valence-electron chi connectivity index (χ1n) is 10.9. The van der Waals surface area contributed by atoms with Gasteiger partial charge >= 0.3 is 0 Å². The molecule has 0 radical (unpaired) electrons. The molecular weight excluding hydrogens is 448 g/mol. The first kappa shape index (κ1) is 23.6. The number of benzene rings is 3. The minimum absolute atomic E-state index is 0.0475. The Balaban J connectivity index is 1.77. The van der Waals surface area contributed by atoms with Crippen molar-refractivity contribution in [2.45, 2.75) is 27.2 Å². The normalized spacial score (nSPS) is 10.9. The summed E-state index contributed by atoms with van der Waals surface area (Å²) in [6.45, 7) is 5.20. The van der Waals surface area contributed by atoms with Gasteiger partial charge in [0.1, 0.15) is 5.75 Å². The van der Waals surface area contributed by atoms with Crippen molar-refractivity contribution in [3.8, 4) is 11.4 Å². The highest BCUT2D eigenvalue weighted by molar-refractivity contribution is 6.17. The van der Waals surface area contributed by atoms with Crippen molar-refractivity contribution < 1.29 is 24.4 Å². The number of nitro groups is 1. The van der Waals surface area contributed by atoms with Crippen molar-refractivity contribution in [2.24, 2.45) is 0 Å². The number of Topliss-reactive ketones (excluding diaryl/α,β-unsaturated/α-hetero) is 3. The molecule has 0 saturated heterocycles. The molecule has 3 aromatic carbocycles. The molecule has 0 unspecified atom stereocenters. The Hall–Kier alpha value is -4.59. The summed E-state index contributed by atoms with van der Waals surface area (Å²) >= 11 is 0. The number of aromatic hydroxyl groups is 1. The second kappa shape index (κ2) is 8.98. The van der Waals surface area contributed by atoms with Crippen LogP contribution in [0, 0.1) is 24.0 Å². The van der Waals surface area contributed by atoms with Gasteiger partial charge in [-0.05, 0) is 57.2 Å². The second-order valence-electron chi connectivity index (χ2n) is 8.40. The fourth-order valence-electron chi connectivity index (χ4n) is 4.26. The number of fused-ring (bicyclic) bond motifs is 1. The molecule has 1 N–H and O–H groups in total. The van der Waals surface area contributed by atoms with E-state index >= 15 is 0 Å². The summed E-state index contributed by atoms with van der Waals surface area (Å²) in [4.78, 5) is 48.3. The average molecular weight is 470 g/mol. The van der Waals surface area contributed by atoms with Gasteiger partial charge in [-0.15, -0.1) is 0 Å². The lowest BCUT2D eigenvalue weighted by molar-refractivity contribution is -0.384. The Morgan fingerprint density at radius 2 is 1.57 bits per heavy atom. The molecule has 0 fully saturated rings. The number of rotatable bonds is 7. The smallest absolute Gasteiger partial charge is 0.269 e. The van der Waals surface area contributed by atoms with E-state index in [-0.39, 0.29) is 28.3 Å². The summed E-state index contributed by atoms with van der Waals surface area (Å²) in [5.74, 6) is -1.64. The van der Waals surface area contributed by atoms with Crippen LogP contribution in [0.4, 0.5) is 5.69 Å². The minimum Gasteiger partial charge on any atom is -0.507 e. The van der Waals surface area contributed by atoms with Crippen molar-refractivity contribution in [1.82, 2.24) is 4.57 Å². The zero-order valence-electron chi connectivity index (χ0n) is 19.4. The molecule has 35 heavy (non-hydrogen) atoms. The highest BCUT2D eigenvalue weighted by Gasteiger charge is 2.24. The van der Waals surface area contributed by atoms with E-state index in [2.05, 4.69) is 0 Å². The van der Waals surface area contributed by atoms with Crippen LogP contribution in [0.2, 0.25) is 0 Å². The van der Waals surface area contributed by atoms with Crippen LogP contribution in [0.5, 0.6) is 5.75 Å². The Bertz CT molecular complexity index is 1510. The molecule has 1 aromatic heterocycles. The highest BCUT2D eigenvalue weighted by Crippen LogP contribution is 2.35. The Kier molecular flexibility index (Phi) is 6.05. The number of carbonyl (C=O) groups excluding carboxylic acids is 3. The van der Waals surface area contributed by atoms with E-state index < -0.39 is 22.9 Å². The van der Waals surface area contributed by atoms with Crippen LogP contribution in [-0.4, -0.2) is 31.9 Å². The second-order valence-corrected chi connectivity index (χ2v) is 8.40. The Labute approximate surface area is 200 Å². The molecule has 0 spiro atoms. The summed E-state index contributed by atoms with van der Waals surface area (Å²) in [6.07, 6.45) is -0.527. The molecule has 4 rings (SSSR count). The van der Waals surface area contributed by atoms with Gasteiger partial charge in [0.2, 0.25) is 0 Å². The molecule has 1 heterocycles. The topological polar surface area (TPSA) is 120 Å². The third-order valence-corrected chi connectivity index (χ3v) is 5.99. The standard InChI is InChI=1S/C27H22N2O6/c1-15-4-8-19(9-5-15)28-16(2)27(17(3)30)21-13-25(32)22(12-23(21)28)26(33)14-24(31)18-6-10-20(11-7-18)29(34)35/h4-13,32H,14H2,1-3H3. The molecule has 4 aromatic rings. The van der Waals surface area contributed by atoms with Crippen LogP contribution < -0.4 is 0 Å². The van der Waals surface area contributed by atoms with Gasteiger partial charge in [0, 0.05) is 40.0 Å². The molecule has 176 valence electrons. The Morgan fingerprint density at radius 1 is 0.943 bits per heavy atom. The predicted molar refractivity (Wildman–Crippen MR) is 131 cm³/mol. The molecule has 0 aliphatic heterocycles. The van der Waals surface area contributed by atoms with Gasteiger partial charge in [-0.25, -0.2) is 0 Å². The van der Waals surface area contributed by atoms with E-state index in [1.165, 1.54) is 43.3 Å². The number of phenolic OH excluding ortho intramolecular Hbond substituents is 1. The summed E-state index contributed by atoms with van der Waals surface area (Å²) in [6, 6.07) is 15.5. The minimum atomic E-state index is -0.605. The average Bonchev–Trinajstić information content (AvgIpc) is 3.09. The molecule has 8 heteroatoms. The van der Waals surface area contributed by atoms with Crippen molar-refractivity contribution in [3.05, 3.63) is 98.7 Å². The number of carbonyl (C=O) groups is 3. The van der Waals surface area contributed by atoms with Gasteiger partial charge < -0.3 is 9.67 Å². The number of phenols is 1. The molecule has 0 aliphatic carbocycles. The fraction of sp³-hybridized carbons (Fsp3) is 0.148. The monoisotopic (exact) mass is 470 g/mol. The van der Waals surface area contributed by atoms with Gasteiger partial charge in [0.05, 0.1) is 22.4 Å². The summed E-state index contributed by atoms with van der Waals surface area (Å²) in [7, 11) is 0. The number of nitro benzene ring substituents is 1. The zero-order chi connectivity index (χ0) is 25.4. The predicted octanol–water partition coefficient (Wildman–Crippen LogP) is 5.52. The van der Waals surface area contributed by atoms with E-state index in [0.29, 0.717) is 22.2 Å². The maximum absolute atomic E-state index is 13.0. The lowest BCUT2D eigenvalue weighted by Gasteiger charge is -2.10. The SMILES string of the molecule is CC(=O)c1c(C)n(-c2ccc(C)cc2)c2cc(C(=O)CC(=O)c3ccc([N+](=O)[O-])cc3)c(O)cc12. The van der Waals surface area contributed by atoms with Gasteiger partial charge in [-0.2, -0.15) is 0 Å². The lowest BCUT2D eigenvalue weighted by Crippen LogP contribution is -2.09. The van der Waals surface area contributed by atoms with Crippen molar-refractivity contribution >= 4 is 33.9 Å². The Morgan fingerprint density at radius 3 is 2.14 bits per heavy atom. The van der Waals surface area contributed by atoms with Crippen molar-refractivity contribution in [1.29, 1.82) is 0 Å². The molecule has 0 bridgehead atoms. The van der Waals surface area contributed by atoms with E-state index in [1.54, 1.807) is 6.92 Å².